The van der Waals surface area contributed by atoms with Gasteiger partial charge in [-0.25, -0.2) is 0 Å². The molecule has 48 heavy (non-hydrogen) atoms. The third-order valence-corrected chi connectivity index (χ3v) is 10.2. The second-order valence-electron chi connectivity index (χ2n) is 12.8. The quantitative estimate of drug-likeness (QED) is 0.0482. The first-order valence-corrected chi connectivity index (χ1v) is 17.2. The molecular weight excluding hydrogens is 641 g/mol. The lowest BCUT2D eigenvalue weighted by atomic mass is 9.80. The van der Waals surface area contributed by atoms with Crippen LogP contribution < -0.4 is 0 Å². The Morgan fingerprint density at radius 1 is 0.583 bits per heavy atom. The van der Waals surface area contributed by atoms with Crippen LogP contribution in [0.5, 0.6) is 0 Å². The van der Waals surface area contributed by atoms with Crippen molar-refractivity contribution in [1.82, 2.24) is 9.80 Å². The predicted octanol–water partition coefficient (Wildman–Crippen LogP) is 9.56. The average molecular weight is 673 g/mol. The number of carbonyl (C=O) groups is 4. The van der Waals surface area contributed by atoms with Gasteiger partial charge in [-0.1, -0.05) is 51.7 Å². The summed E-state index contributed by atoms with van der Waals surface area (Å²) in [7, 11) is 0. The zero-order chi connectivity index (χ0) is 34.0. The Morgan fingerprint density at radius 3 is 1.31 bits per heavy atom. The first-order valence-electron chi connectivity index (χ1n) is 16.4. The number of hydrogen-bond acceptors (Lipinski definition) is 8. The third kappa shape index (κ3) is 4.41. The number of benzene rings is 5. The first kappa shape index (κ1) is 31.9. The van der Waals surface area contributed by atoms with Gasteiger partial charge in [0.15, 0.2) is 0 Å². The van der Waals surface area contributed by atoms with E-state index in [0.29, 0.717) is 89.6 Å². The van der Waals surface area contributed by atoms with Crippen LogP contribution in [0.25, 0.3) is 43.1 Å². The Hall–Kier alpha value is -4.72. The van der Waals surface area contributed by atoms with Gasteiger partial charge in [0, 0.05) is 55.5 Å². The first-order chi connectivity index (χ1) is 23.2. The van der Waals surface area contributed by atoms with Crippen LogP contribution in [0.4, 0.5) is 11.4 Å². The van der Waals surface area contributed by atoms with Gasteiger partial charge < -0.3 is 0 Å². The number of unbranched alkanes of at least 4 members (excludes halogenated alkanes) is 2. The molecule has 0 N–H and O–H groups in total. The van der Waals surface area contributed by atoms with E-state index in [-0.39, 0.29) is 35.7 Å². The number of isothiocyanates is 2. The molecule has 2 atom stereocenters. The van der Waals surface area contributed by atoms with Gasteiger partial charge in [0.05, 0.1) is 32.8 Å². The zero-order valence-corrected chi connectivity index (χ0v) is 28.7. The van der Waals surface area contributed by atoms with Crippen LogP contribution in [-0.2, 0) is 0 Å². The normalized spacial score (nSPS) is 15.5. The molecule has 5 aromatic carbocycles. The number of imide groups is 2. The van der Waals surface area contributed by atoms with Gasteiger partial charge in [0.1, 0.15) is 0 Å². The monoisotopic (exact) mass is 672 g/mol. The highest BCUT2D eigenvalue weighted by Crippen LogP contribution is 2.52. The summed E-state index contributed by atoms with van der Waals surface area (Å²) in [6.45, 7) is 7.95. The fourth-order valence-electron chi connectivity index (χ4n) is 7.79. The number of aliphatic imine (C=N–C) groups is 2. The van der Waals surface area contributed by atoms with Crippen molar-refractivity contribution in [3.05, 3.63) is 58.7 Å². The van der Waals surface area contributed by atoms with Gasteiger partial charge in [-0.3, -0.25) is 29.0 Å². The Labute approximate surface area is 287 Å². The molecule has 4 amide bonds. The van der Waals surface area contributed by atoms with E-state index in [1.54, 1.807) is 24.3 Å². The maximum atomic E-state index is 14.2. The number of nitrogens with zero attached hydrogens (tertiary/aromatic N) is 4. The number of rotatable bonds is 10. The molecule has 8 nitrogen and oxygen atoms in total. The summed E-state index contributed by atoms with van der Waals surface area (Å²) < 4.78 is 0. The summed E-state index contributed by atoms with van der Waals surface area (Å²) in [5, 5.41) is 9.95. The van der Waals surface area contributed by atoms with E-state index in [9.17, 15) is 19.2 Å². The molecule has 10 heteroatoms. The smallest absolute Gasteiger partial charge is 0.261 e. The molecule has 0 saturated heterocycles. The number of amides is 4. The maximum absolute atomic E-state index is 14.2. The highest BCUT2D eigenvalue weighted by atomic mass is 32.1. The number of thiocarbonyl (C=S) groups is 2. The lowest BCUT2D eigenvalue weighted by Crippen LogP contribution is -2.46. The summed E-state index contributed by atoms with van der Waals surface area (Å²) in [6, 6.07) is 9.97. The minimum Gasteiger partial charge on any atom is -0.272 e. The van der Waals surface area contributed by atoms with Crippen molar-refractivity contribution in [1.29, 1.82) is 0 Å². The second kappa shape index (κ2) is 12.1. The summed E-state index contributed by atoms with van der Waals surface area (Å²) in [5.41, 5.74) is 2.36. The predicted molar refractivity (Wildman–Crippen MR) is 196 cm³/mol. The summed E-state index contributed by atoms with van der Waals surface area (Å²) >= 11 is 10.2. The average Bonchev–Trinajstić information content (AvgIpc) is 3.07. The standard InChI is InChI=1S/C38H32N4O4S2/c1-5-7-9-19(3)41-35(43)23-13-11-21-32-28(40-18-48)16-26-30-24(36(44)42(38(26)46)20(4)10-8-6-2)14-12-22(34(30)32)31-27(39-17-47)15-25(37(41)45)29(23)33(21)31/h11-16,19-20H,5-10H2,1-4H3/t19-,20-/m0/s1. The van der Waals surface area contributed by atoms with Gasteiger partial charge in [0.2, 0.25) is 0 Å². The Morgan fingerprint density at radius 2 is 0.958 bits per heavy atom. The van der Waals surface area contributed by atoms with E-state index < -0.39 is 0 Å². The molecule has 7 rings (SSSR count). The van der Waals surface area contributed by atoms with Crippen LogP contribution in [0.3, 0.4) is 0 Å². The molecule has 0 bridgehead atoms. The summed E-state index contributed by atoms with van der Waals surface area (Å²) in [4.78, 5) is 68.0. The Kier molecular flexibility index (Phi) is 8.01. The largest absolute Gasteiger partial charge is 0.272 e. The molecule has 240 valence electrons. The topological polar surface area (TPSA) is 99.5 Å². The lowest BCUT2D eigenvalue weighted by molar-refractivity contribution is 0.0527. The van der Waals surface area contributed by atoms with Gasteiger partial charge >= 0.3 is 0 Å². The van der Waals surface area contributed by atoms with E-state index in [1.807, 2.05) is 26.0 Å². The van der Waals surface area contributed by atoms with E-state index >= 15 is 0 Å². The highest BCUT2D eigenvalue weighted by Gasteiger charge is 2.40. The molecule has 2 aliphatic rings. The maximum Gasteiger partial charge on any atom is 0.261 e. The van der Waals surface area contributed by atoms with Crippen molar-refractivity contribution in [2.24, 2.45) is 9.98 Å². The molecule has 5 aromatic rings. The van der Waals surface area contributed by atoms with Gasteiger partial charge in [-0.15, -0.1) is 0 Å². The SMILES string of the molecule is CCCC[C@H](C)N1C(=O)c2ccc3c4c(N=C=S)cc5c6c(ccc(c7c(N=C=S)cc(c2c37)C1=O)c64)C(=O)N([C@@H](C)CCCC)C5=O. The van der Waals surface area contributed by atoms with Gasteiger partial charge in [-0.2, -0.15) is 9.98 Å². The molecule has 0 saturated carbocycles. The van der Waals surface area contributed by atoms with E-state index in [2.05, 4.69) is 34.2 Å². The minimum atomic E-state index is -0.387. The van der Waals surface area contributed by atoms with Crippen LogP contribution in [0.1, 0.15) is 108 Å². The minimum absolute atomic E-state index is 0.294. The molecular formula is C38H32N4O4S2. The third-order valence-electron chi connectivity index (χ3n) is 10.0. The van der Waals surface area contributed by atoms with Crippen LogP contribution in [0, 0.1) is 0 Å². The second-order valence-corrected chi connectivity index (χ2v) is 13.2. The van der Waals surface area contributed by atoms with E-state index in [0.717, 1.165) is 25.7 Å². The van der Waals surface area contributed by atoms with Crippen molar-refractivity contribution >= 4 is 113 Å². The highest BCUT2D eigenvalue weighted by molar-refractivity contribution is 7.78. The fourth-order valence-corrected chi connectivity index (χ4v) is 7.99. The van der Waals surface area contributed by atoms with Gasteiger partial charge in [-0.05, 0) is 86.2 Å². The van der Waals surface area contributed by atoms with Crippen molar-refractivity contribution in [3.63, 3.8) is 0 Å². The summed E-state index contributed by atoms with van der Waals surface area (Å²) in [5.74, 6) is -1.47. The molecule has 0 radical (unpaired) electrons. The van der Waals surface area contributed by atoms with Crippen LogP contribution in [0.2, 0.25) is 0 Å². The lowest BCUT2D eigenvalue weighted by Gasteiger charge is -2.34. The molecule has 0 unspecified atom stereocenters. The van der Waals surface area contributed by atoms with Crippen molar-refractivity contribution in [2.45, 2.75) is 78.3 Å². The molecule has 0 fully saturated rings. The summed E-state index contributed by atoms with van der Waals surface area (Å²) in [6.07, 6.45) is 5.04. The number of fused-ring (bicyclic) bond motifs is 2. The molecule has 2 aliphatic heterocycles. The fraction of sp³-hybridized carbons (Fsp3) is 0.316. The number of carbonyl (C=O) groups excluding carboxylic acids is 4. The Balaban J connectivity index is 1.62. The molecule has 0 spiro atoms. The molecule has 0 aromatic heterocycles. The van der Waals surface area contributed by atoms with Crippen LogP contribution in [0.15, 0.2) is 46.4 Å². The van der Waals surface area contributed by atoms with Crippen molar-refractivity contribution in [3.8, 4) is 0 Å². The van der Waals surface area contributed by atoms with E-state index in [4.69, 9.17) is 24.4 Å². The zero-order valence-electron chi connectivity index (χ0n) is 27.1. The van der Waals surface area contributed by atoms with Crippen molar-refractivity contribution in [2.75, 3.05) is 0 Å². The number of hydrogen-bond donors (Lipinski definition) is 0. The van der Waals surface area contributed by atoms with Crippen molar-refractivity contribution < 1.29 is 19.2 Å². The van der Waals surface area contributed by atoms with Gasteiger partial charge in [0.25, 0.3) is 23.6 Å². The van der Waals surface area contributed by atoms with Crippen LogP contribution in [-0.4, -0.2) is 55.8 Å². The Bertz CT molecular complexity index is 2200. The molecule has 2 heterocycles. The van der Waals surface area contributed by atoms with E-state index in [1.165, 1.54) is 9.80 Å². The van der Waals surface area contributed by atoms with Crippen LogP contribution >= 0.6 is 24.4 Å². The molecule has 0 aliphatic carbocycles.